The number of hydrogen-bond donors (Lipinski definition) is 1. The maximum Gasteiger partial charge on any atom is 0.253 e. The number of nitrogens with zero attached hydrogens (tertiary/aromatic N) is 2. The van der Waals surface area contributed by atoms with Crippen LogP contribution in [0.1, 0.15) is 16.1 Å². The molecule has 0 radical (unpaired) electrons. The molecule has 108 valence electrons. The molecule has 0 saturated carbocycles. The Morgan fingerprint density at radius 1 is 1.24 bits per heavy atom. The van der Waals surface area contributed by atoms with Crippen LogP contribution in [0.25, 0.3) is 5.69 Å². The molecule has 3 rings (SSSR count). The first-order chi connectivity index (χ1) is 10.2. The highest BCUT2D eigenvalue weighted by molar-refractivity contribution is 7.09. The zero-order valence-corrected chi connectivity index (χ0v) is 12.4. The van der Waals surface area contributed by atoms with Crippen molar-refractivity contribution in [3.05, 3.63) is 57.9 Å². The molecule has 1 aromatic carbocycles. The third-order valence-corrected chi connectivity index (χ3v) is 4.02. The summed E-state index contributed by atoms with van der Waals surface area (Å²) in [6.45, 7) is 3.14. The van der Waals surface area contributed by atoms with Crippen molar-refractivity contribution >= 4 is 11.3 Å². The molecule has 2 heterocycles. The SMILES string of the molecule is Cc1ccc(-[n+]2noc([O-])c2CNCc2cccs2)cc1. The highest BCUT2D eigenvalue weighted by Crippen LogP contribution is 2.12. The third-order valence-electron chi connectivity index (χ3n) is 3.15. The number of thiophene rings is 1. The van der Waals surface area contributed by atoms with Crippen LogP contribution in [0.4, 0.5) is 0 Å². The van der Waals surface area contributed by atoms with Crippen molar-refractivity contribution < 1.29 is 14.3 Å². The smallest absolute Gasteiger partial charge is 0.253 e. The van der Waals surface area contributed by atoms with Gasteiger partial charge in [0.25, 0.3) is 5.69 Å². The molecule has 0 saturated heterocycles. The number of benzene rings is 1. The van der Waals surface area contributed by atoms with Crippen molar-refractivity contribution in [3.63, 3.8) is 0 Å². The van der Waals surface area contributed by atoms with Gasteiger partial charge in [-0.3, -0.25) is 0 Å². The van der Waals surface area contributed by atoms with Crippen LogP contribution in [0, 0.1) is 6.92 Å². The van der Waals surface area contributed by atoms with Crippen LogP contribution >= 0.6 is 11.3 Å². The zero-order chi connectivity index (χ0) is 14.7. The maximum absolute atomic E-state index is 11.8. The van der Waals surface area contributed by atoms with Crippen molar-refractivity contribution in [3.8, 4) is 11.6 Å². The van der Waals surface area contributed by atoms with E-state index < -0.39 is 5.95 Å². The first-order valence-electron chi connectivity index (χ1n) is 6.62. The Labute approximate surface area is 126 Å². The Morgan fingerprint density at radius 2 is 2.05 bits per heavy atom. The molecule has 0 atom stereocenters. The van der Waals surface area contributed by atoms with Gasteiger partial charge in [-0.1, -0.05) is 23.8 Å². The summed E-state index contributed by atoms with van der Waals surface area (Å²) in [5.41, 5.74) is 2.47. The maximum atomic E-state index is 11.8. The third kappa shape index (κ3) is 3.12. The quantitative estimate of drug-likeness (QED) is 0.728. The zero-order valence-electron chi connectivity index (χ0n) is 11.6. The largest absolute Gasteiger partial charge is 0.539 e. The number of aromatic nitrogens is 2. The van der Waals surface area contributed by atoms with E-state index in [0.717, 1.165) is 17.8 Å². The van der Waals surface area contributed by atoms with E-state index in [9.17, 15) is 5.11 Å². The molecule has 5 nitrogen and oxygen atoms in total. The summed E-state index contributed by atoms with van der Waals surface area (Å²) in [6, 6.07) is 11.8. The van der Waals surface area contributed by atoms with Crippen molar-refractivity contribution in [1.29, 1.82) is 0 Å². The van der Waals surface area contributed by atoms with Crippen molar-refractivity contribution in [2.45, 2.75) is 20.0 Å². The molecule has 3 aromatic rings. The fourth-order valence-corrected chi connectivity index (χ4v) is 2.69. The van der Waals surface area contributed by atoms with Crippen molar-refractivity contribution in [2.24, 2.45) is 0 Å². The average Bonchev–Trinajstić information content (AvgIpc) is 3.11. The number of hydrogen-bond acceptors (Lipinski definition) is 5. The molecule has 0 bridgehead atoms. The van der Waals surface area contributed by atoms with Crippen molar-refractivity contribution in [1.82, 2.24) is 10.6 Å². The van der Waals surface area contributed by atoms with E-state index in [1.165, 1.54) is 4.88 Å². The normalized spacial score (nSPS) is 10.9. The number of rotatable bonds is 5. The predicted molar refractivity (Wildman–Crippen MR) is 77.1 cm³/mol. The minimum absolute atomic E-state index is 0.408. The lowest BCUT2D eigenvalue weighted by atomic mass is 10.2. The van der Waals surface area contributed by atoms with Gasteiger partial charge in [-0.15, -0.1) is 11.3 Å². The van der Waals surface area contributed by atoms with Gasteiger partial charge in [0.15, 0.2) is 5.95 Å². The predicted octanol–water partition coefficient (Wildman–Crippen LogP) is 1.68. The summed E-state index contributed by atoms with van der Waals surface area (Å²) in [6.07, 6.45) is 0. The molecule has 1 N–H and O–H groups in total. The van der Waals surface area contributed by atoms with Gasteiger partial charge < -0.3 is 14.9 Å². The summed E-state index contributed by atoms with van der Waals surface area (Å²) in [7, 11) is 0. The molecular weight excluding hydrogens is 286 g/mol. The lowest BCUT2D eigenvalue weighted by molar-refractivity contribution is -0.677. The Hall–Kier alpha value is -2.18. The molecule has 6 heteroatoms. The van der Waals surface area contributed by atoms with Gasteiger partial charge in [-0.25, -0.2) is 0 Å². The van der Waals surface area contributed by atoms with E-state index in [2.05, 4.69) is 16.7 Å². The molecule has 0 unspecified atom stereocenters. The second-order valence-electron chi connectivity index (χ2n) is 4.74. The van der Waals surface area contributed by atoms with E-state index in [1.807, 2.05) is 42.6 Å². The van der Waals surface area contributed by atoms with Gasteiger partial charge >= 0.3 is 0 Å². The van der Waals surface area contributed by atoms with Gasteiger partial charge in [0.1, 0.15) is 0 Å². The fraction of sp³-hybridized carbons (Fsp3) is 0.200. The van der Waals surface area contributed by atoms with Gasteiger partial charge in [0, 0.05) is 23.6 Å². The van der Waals surface area contributed by atoms with E-state index >= 15 is 0 Å². The first-order valence-corrected chi connectivity index (χ1v) is 7.50. The van der Waals surface area contributed by atoms with Crippen LogP contribution in [-0.4, -0.2) is 5.27 Å². The number of nitrogens with one attached hydrogen (secondary N) is 1. The van der Waals surface area contributed by atoms with Crippen LogP contribution < -0.4 is 15.1 Å². The highest BCUT2D eigenvalue weighted by Gasteiger charge is 2.19. The summed E-state index contributed by atoms with van der Waals surface area (Å²) >= 11 is 1.68. The topological polar surface area (TPSA) is 65.0 Å². The molecule has 0 spiro atoms. The molecule has 0 aliphatic rings. The van der Waals surface area contributed by atoms with E-state index in [-0.39, 0.29) is 0 Å². The summed E-state index contributed by atoms with van der Waals surface area (Å²) in [4.78, 5) is 1.22. The molecular formula is C15H15N3O2S. The van der Waals surface area contributed by atoms with Crippen LogP contribution in [0.15, 0.2) is 46.3 Å². The van der Waals surface area contributed by atoms with E-state index in [0.29, 0.717) is 12.2 Å². The second-order valence-corrected chi connectivity index (χ2v) is 5.77. The minimum atomic E-state index is -0.408. The van der Waals surface area contributed by atoms with Crippen molar-refractivity contribution in [2.75, 3.05) is 0 Å². The lowest BCUT2D eigenvalue weighted by Gasteiger charge is -2.01. The molecule has 21 heavy (non-hydrogen) atoms. The minimum Gasteiger partial charge on any atom is -0.539 e. The molecule has 0 aliphatic carbocycles. The Morgan fingerprint density at radius 3 is 2.76 bits per heavy atom. The summed E-state index contributed by atoms with van der Waals surface area (Å²) < 4.78 is 6.33. The lowest BCUT2D eigenvalue weighted by Crippen LogP contribution is -2.38. The summed E-state index contributed by atoms with van der Waals surface area (Å²) in [5.74, 6) is -0.408. The van der Waals surface area contributed by atoms with Gasteiger partial charge in [0.05, 0.1) is 11.8 Å². The average molecular weight is 301 g/mol. The standard InChI is InChI=1S/C15H15N3O2S/c1-11-4-6-12(7-5-11)18-14(15(19)20-17-18)10-16-9-13-3-2-8-21-13/h2-8,16H,9-10H2,1H3. The van der Waals surface area contributed by atoms with Crippen LogP contribution in [-0.2, 0) is 13.1 Å². The monoisotopic (exact) mass is 301 g/mol. The van der Waals surface area contributed by atoms with Gasteiger partial charge in [-0.05, 0) is 23.1 Å². The van der Waals surface area contributed by atoms with Crippen LogP contribution in [0.3, 0.4) is 0 Å². The molecule has 0 fully saturated rings. The summed E-state index contributed by atoms with van der Waals surface area (Å²) in [5, 5.41) is 20.9. The van der Waals surface area contributed by atoms with E-state index in [4.69, 9.17) is 4.52 Å². The van der Waals surface area contributed by atoms with Crippen LogP contribution in [0.2, 0.25) is 0 Å². The van der Waals surface area contributed by atoms with Gasteiger partial charge in [-0.2, -0.15) is 0 Å². The highest BCUT2D eigenvalue weighted by atomic mass is 32.1. The number of aryl methyl sites for hydroxylation is 1. The Balaban J connectivity index is 1.75. The van der Waals surface area contributed by atoms with E-state index in [1.54, 1.807) is 16.0 Å². The van der Waals surface area contributed by atoms with Crippen LogP contribution in [0.5, 0.6) is 5.95 Å². The Kier molecular flexibility index (Phi) is 3.98. The molecule has 0 aliphatic heterocycles. The van der Waals surface area contributed by atoms with Gasteiger partial charge in [0.2, 0.25) is 5.69 Å². The Bertz CT molecular complexity index is 705. The fourth-order valence-electron chi connectivity index (χ4n) is 2.02. The first kappa shape index (κ1) is 13.8. The second kappa shape index (κ2) is 6.07. The molecule has 2 aromatic heterocycles. The molecule has 0 amide bonds.